The number of carbonyl (C=O) groups excluding carboxylic acids is 1. The van der Waals surface area contributed by atoms with Crippen molar-refractivity contribution in [3.63, 3.8) is 0 Å². The molecule has 0 spiro atoms. The van der Waals surface area contributed by atoms with E-state index in [0.29, 0.717) is 16.6 Å². The first-order chi connectivity index (χ1) is 15.3. The van der Waals surface area contributed by atoms with Crippen LogP contribution < -0.4 is 5.32 Å². The van der Waals surface area contributed by atoms with Crippen molar-refractivity contribution in [3.8, 4) is 0 Å². The normalized spacial score (nSPS) is 14.8. The summed E-state index contributed by atoms with van der Waals surface area (Å²) in [4.78, 5) is 20.2. The summed E-state index contributed by atoms with van der Waals surface area (Å²) in [5.74, 6) is 0.813. The SMILES string of the molecule is O=C(Nc1nc(CN2CCCCC2)cs1)c1oc2ccccc2c1CSc1cccs1. The Hall–Kier alpha value is -2.13. The van der Waals surface area contributed by atoms with Gasteiger partial charge in [0, 0.05) is 28.6 Å². The van der Waals surface area contributed by atoms with Crippen LogP contribution in [0.15, 0.2) is 55.8 Å². The lowest BCUT2D eigenvalue weighted by Gasteiger charge is -2.25. The van der Waals surface area contributed by atoms with E-state index in [9.17, 15) is 4.79 Å². The van der Waals surface area contributed by atoms with Crippen LogP contribution in [0.3, 0.4) is 0 Å². The Morgan fingerprint density at radius 2 is 2.00 bits per heavy atom. The molecule has 4 aromatic rings. The van der Waals surface area contributed by atoms with E-state index in [1.54, 1.807) is 23.1 Å². The number of aromatic nitrogens is 1. The number of furan rings is 1. The van der Waals surface area contributed by atoms with Gasteiger partial charge in [-0.1, -0.05) is 30.7 Å². The average molecular weight is 470 g/mol. The topological polar surface area (TPSA) is 58.4 Å². The van der Waals surface area contributed by atoms with Gasteiger partial charge in [0.1, 0.15) is 5.58 Å². The van der Waals surface area contributed by atoms with Gasteiger partial charge in [-0.25, -0.2) is 4.98 Å². The Morgan fingerprint density at radius 1 is 1.13 bits per heavy atom. The standard InChI is InChI=1S/C23H23N3O2S3/c27-22(25-23-24-16(14-31-23)13-26-10-4-1-5-11-26)21-18(15-30-20-9-6-12-29-20)17-7-2-3-8-19(17)28-21/h2-3,6-9,12,14H,1,4-5,10-11,13,15H2,(H,24,25,27). The van der Waals surface area contributed by atoms with Crippen LogP contribution in [0.1, 0.15) is 41.1 Å². The Balaban J connectivity index is 1.33. The number of hydrogen-bond acceptors (Lipinski definition) is 7. The number of nitrogens with one attached hydrogen (secondary N) is 1. The second-order valence-electron chi connectivity index (χ2n) is 7.56. The van der Waals surface area contributed by atoms with Crippen LogP contribution in [0, 0.1) is 0 Å². The summed E-state index contributed by atoms with van der Waals surface area (Å²) in [5, 5.41) is 8.67. The van der Waals surface area contributed by atoms with Gasteiger partial charge in [-0.15, -0.1) is 34.4 Å². The highest BCUT2D eigenvalue weighted by molar-refractivity contribution is 8.00. The lowest BCUT2D eigenvalue weighted by molar-refractivity contribution is 0.0998. The zero-order valence-electron chi connectivity index (χ0n) is 17.0. The summed E-state index contributed by atoms with van der Waals surface area (Å²) >= 11 is 4.89. The molecular formula is C23H23N3O2S3. The minimum Gasteiger partial charge on any atom is -0.451 e. The second kappa shape index (κ2) is 9.56. The van der Waals surface area contributed by atoms with Crippen molar-refractivity contribution in [2.75, 3.05) is 18.4 Å². The lowest BCUT2D eigenvalue weighted by atomic mass is 10.1. The van der Waals surface area contributed by atoms with E-state index >= 15 is 0 Å². The first kappa shape index (κ1) is 20.8. The summed E-state index contributed by atoms with van der Waals surface area (Å²) < 4.78 is 7.20. The fourth-order valence-electron chi connectivity index (χ4n) is 3.85. The number of nitrogens with zero attached hydrogens (tertiary/aromatic N) is 2. The number of thioether (sulfide) groups is 1. The monoisotopic (exact) mass is 469 g/mol. The minimum absolute atomic E-state index is 0.239. The number of rotatable bonds is 7. The highest BCUT2D eigenvalue weighted by Gasteiger charge is 2.22. The van der Waals surface area contributed by atoms with E-state index in [-0.39, 0.29) is 5.91 Å². The maximum Gasteiger partial charge on any atom is 0.293 e. The van der Waals surface area contributed by atoms with Gasteiger partial charge in [0.25, 0.3) is 5.91 Å². The first-order valence-corrected chi connectivity index (χ1v) is 13.2. The number of thiophene rings is 1. The Morgan fingerprint density at radius 3 is 2.84 bits per heavy atom. The predicted molar refractivity (Wildman–Crippen MR) is 129 cm³/mol. The fourth-order valence-corrected chi connectivity index (χ4v) is 6.36. The molecule has 160 valence electrons. The van der Waals surface area contributed by atoms with E-state index in [2.05, 4.69) is 26.6 Å². The van der Waals surface area contributed by atoms with E-state index in [1.165, 1.54) is 34.8 Å². The number of hydrogen-bond donors (Lipinski definition) is 1. The third kappa shape index (κ3) is 4.87. The third-order valence-electron chi connectivity index (χ3n) is 5.36. The predicted octanol–water partition coefficient (Wildman–Crippen LogP) is 6.48. The first-order valence-electron chi connectivity index (χ1n) is 10.4. The Bertz CT molecular complexity index is 1160. The minimum atomic E-state index is -0.239. The zero-order valence-corrected chi connectivity index (χ0v) is 19.5. The Kier molecular flexibility index (Phi) is 6.40. The molecule has 5 nitrogen and oxygen atoms in total. The molecule has 1 saturated heterocycles. The van der Waals surface area contributed by atoms with Crippen molar-refractivity contribution in [1.82, 2.24) is 9.88 Å². The molecule has 0 bridgehead atoms. The summed E-state index contributed by atoms with van der Waals surface area (Å²) in [5.41, 5.74) is 2.68. The van der Waals surface area contributed by atoms with Crippen LogP contribution >= 0.6 is 34.4 Å². The van der Waals surface area contributed by atoms with Crippen molar-refractivity contribution < 1.29 is 9.21 Å². The molecule has 8 heteroatoms. The van der Waals surface area contributed by atoms with Gasteiger partial charge in [-0.2, -0.15) is 0 Å². The molecule has 0 atom stereocenters. The molecule has 1 aliphatic rings. The molecule has 0 radical (unpaired) electrons. The van der Waals surface area contributed by atoms with Crippen LogP contribution in [0.5, 0.6) is 0 Å². The molecule has 3 aromatic heterocycles. The van der Waals surface area contributed by atoms with Crippen LogP contribution in [0.25, 0.3) is 11.0 Å². The summed E-state index contributed by atoms with van der Waals surface area (Å²) in [7, 11) is 0. The van der Waals surface area contributed by atoms with Gasteiger partial charge >= 0.3 is 0 Å². The van der Waals surface area contributed by atoms with E-state index in [4.69, 9.17) is 4.42 Å². The van der Waals surface area contributed by atoms with E-state index < -0.39 is 0 Å². The maximum atomic E-state index is 13.1. The molecule has 1 amide bonds. The molecule has 4 heterocycles. The van der Waals surface area contributed by atoms with Crippen molar-refractivity contribution >= 4 is 56.4 Å². The van der Waals surface area contributed by atoms with E-state index in [1.807, 2.05) is 35.7 Å². The summed E-state index contributed by atoms with van der Waals surface area (Å²) in [6.07, 6.45) is 3.83. The van der Waals surface area contributed by atoms with Gasteiger partial charge in [0.15, 0.2) is 10.9 Å². The molecule has 31 heavy (non-hydrogen) atoms. The summed E-state index contributed by atoms with van der Waals surface area (Å²) in [6, 6.07) is 12.0. The highest BCUT2D eigenvalue weighted by Crippen LogP contribution is 2.34. The average Bonchev–Trinajstić information content (AvgIpc) is 3.53. The van der Waals surface area contributed by atoms with Gasteiger partial charge < -0.3 is 4.42 Å². The van der Waals surface area contributed by atoms with Crippen molar-refractivity contribution in [2.24, 2.45) is 0 Å². The van der Waals surface area contributed by atoms with E-state index in [0.717, 1.165) is 41.9 Å². The third-order valence-corrected chi connectivity index (χ3v) is 8.33. The van der Waals surface area contributed by atoms with Crippen LogP contribution in [0.2, 0.25) is 0 Å². The van der Waals surface area contributed by atoms with Crippen molar-refractivity contribution in [2.45, 2.75) is 35.8 Å². The number of para-hydroxylation sites is 1. The number of carbonyl (C=O) groups is 1. The maximum absolute atomic E-state index is 13.1. The number of amides is 1. The summed E-state index contributed by atoms with van der Waals surface area (Å²) in [6.45, 7) is 3.10. The molecule has 0 saturated carbocycles. The largest absolute Gasteiger partial charge is 0.451 e. The molecule has 1 aliphatic heterocycles. The quantitative estimate of drug-likeness (QED) is 0.314. The molecule has 1 N–H and O–H groups in total. The van der Waals surface area contributed by atoms with Gasteiger partial charge in [0.05, 0.1) is 9.90 Å². The van der Waals surface area contributed by atoms with Crippen molar-refractivity contribution in [3.05, 3.63) is 64.2 Å². The number of anilines is 1. The van der Waals surface area contributed by atoms with Crippen LogP contribution in [-0.4, -0.2) is 28.9 Å². The smallest absolute Gasteiger partial charge is 0.293 e. The number of fused-ring (bicyclic) bond motifs is 1. The number of piperidine rings is 1. The van der Waals surface area contributed by atoms with Crippen LogP contribution in [0.4, 0.5) is 5.13 Å². The number of benzene rings is 1. The number of likely N-dealkylation sites (tertiary alicyclic amines) is 1. The van der Waals surface area contributed by atoms with Crippen LogP contribution in [-0.2, 0) is 12.3 Å². The second-order valence-corrected chi connectivity index (χ2v) is 10.6. The zero-order chi connectivity index (χ0) is 21.0. The molecule has 1 aromatic carbocycles. The van der Waals surface area contributed by atoms with Gasteiger partial charge in [0.2, 0.25) is 0 Å². The molecular weight excluding hydrogens is 446 g/mol. The fraction of sp³-hybridized carbons (Fsp3) is 0.304. The molecule has 0 aliphatic carbocycles. The molecule has 0 unspecified atom stereocenters. The molecule has 5 rings (SSSR count). The van der Waals surface area contributed by atoms with Gasteiger partial charge in [-0.05, 0) is 43.4 Å². The number of thiazole rings is 1. The Labute approximate surface area is 193 Å². The van der Waals surface area contributed by atoms with Gasteiger partial charge in [-0.3, -0.25) is 15.0 Å². The lowest BCUT2D eigenvalue weighted by Crippen LogP contribution is -2.29. The van der Waals surface area contributed by atoms with Crippen molar-refractivity contribution in [1.29, 1.82) is 0 Å². The highest BCUT2D eigenvalue weighted by atomic mass is 32.2. The molecule has 1 fully saturated rings.